The Labute approximate surface area is 104 Å². The van der Waals surface area contributed by atoms with Crippen LogP contribution in [0.5, 0.6) is 0 Å². The van der Waals surface area contributed by atoms with Crippen molar-refractivity contribution in [1.82, 2.24) is 0 Å². The van der Waals surface area contributed by atoms with E-state index in [2.05, 4.69) is 0 Å². The van der Waals surface area contributed by atoms with Crippen LogP contribution in [0.3, 0.4) is 0 Å². The van der Waals surface area contributed by atoms with Crippen LogP contribution in [-0.4, -0.2) is 11.1 Å². The molecule has 0 amide bonds. The fraction of sp³-hybridized carbons (Fsp3) is 0.417. The average Bonchev–Trinajstić information content (AvgIpc) is 2.96. The lowest BCUT2D eigenvalue weighted by Gasteiger charge is -2.03. The van der Waals surface area contributed by atoms with Gasteiger partial charge in [0.1, 0.15) is 0 Å². The summed E-state index contributed by atoms with van der Waals surface area (Å²) in [5.74, 6) is -0.484. The van der Waals surface area contributed by atoms with Gasteiger partial charge in [-0.3, -0.25) is 4.79 Å². The summed E-state index contributed by atoms with van der Waals surface area (Å²) in [4.78, 5) is 10.7. The molecule has 4 heteroatoms. The summed E-state index contributed by atoms with van der Waals surface area (Å²) >= 11 is 11.8. The number of aryl methyl sites for hydroxylation is 1. The lowest BCUT2D eigenvalue weighted by Crippen LogP contribution is -2.00. The fourth-order valence-corrected chi connectivity index (χ4v) is 2.44. The zero-order chi connectivity index (χ0) is 11.7. The van der Waals surface area contributed by atoms with Crippen molar-refractivity contribution >= 4 is 29.2 Å². The van der Waals surface area contributed by atoms with Crippen molar-refractivity contribution in [3.8, 4) is 0 Å². The van der Waals surface area contributed by atoms with Crippen LogP contribution in [0.15, 0.2) is 18.2 Å². The maximum atomic E-state index is 10.7. The van der Waals surface area contributed by atoms with E-state index in [4.69, 9.17) is 28.3 Å². The minimum Gasteiger partial charge on any atom is -0.481 e. The number of carboxylic acids is 1. The molecule has 1 fully saturated rings. The minimum atomic E-state index is -0.674. The summed E-state index contributed by atoms with van der Waals surface area (Å²) in [5, 5.41) is 10.1. The second-order valence-electron chi connectivity index (χ2n) is 4.21. The Morgan fingerprint density at radius 3 is 2.75 bits per heavy atom. The highest BCUT2D eigenvalue weighted by Crippen LogP contribution is 2.42. The van der Waals surface area contributed by atoms with Gasteiger partial charge < -0.3 is 5.11 Å². The molecule has 0 spiro atoms. The second-order valence-corrected chi connectivity index (χ2v) is 5.06. The van der Waals surface area contributed by atoms with Gasteiger partial charge in [0.25, 0.3) is 0 Å². The molecule has 0 aliphatic heterocycles. The summed E-state index contributed by atoms with van der Waals surface area (Å²) < 4.78 is 0. The Balaban J connectivity index is 1.89. The fourth-order valence-electron chi connectivity index (χ4n) is 1.93. The maximum Gasteiger partial charge on any atom is 0.306 e. The second kappa shape index (κ2) is 4.64. The van der Waals surface area contributed by atoms with Gasteiger partial charge in [0.2, 0.25) is 0 Å². The van der Waals surface area contributed by atoms with E-state index in [0.717, 1.165) is 24.8 Å². The summed E-state index contributed by atoms with van der Waals surface area (Å²) in [5.41, 5.74) is 1.04. The Kier molecular flexibility index (Phi) is 3.41. The van der Waals surface area contributed by atoms with Crippen LogP contribution in [0, 0.1) is 11.8 Å². The zero-order valence-electron chi connectivity index (χ0n) is 8.62. The Bertz CT molecular complexity index is 417. The molecule has 0 aromatic heterocycles. The van der Waals surface area contributed by atoms with E-state index in [0.29, 0.717) is 16.0 Å². The number of carboxylic acid groups (broad SMARTS) is 1. The van der Waals surface area contributed by atoms with Gasteiger partial charge in [-0.1, -0.05) is 29.3 Å². The first kappa shape index (κ1) is 11.7. The predicted octanol–water partition coefficient (Wildman–Crippen LogP) is 3.65. The quantitative estimate of drug-likeness (QED) is 0.896. The molecule has 0 saturated heterocycles. The van der Waals surface area contributed by atoms with Gasteiger partial charge in [-0.25, -0.2) is 0 Å². The van der Waals surface area contributed by atoms with Crippen LogP contribution in [0.4, 0.5) is 0 Å². The van der Waals surface area contributed by atoms with E-state index in [1.807, 2.05) is 12.1 Å². The third-order valence-electron chi connectivity index (χ3n) is 3.04. The number of hydrogen-bond donors (Lipinski definition) is 1. The van der Waals surface area contributed by atoms with Gasteiger partial charge in [-0.2, -0.15) is 0 Å². The Morgan fingerprint density at radius 2 is 2.19 bits per heavy atom. The van der Waals surface area contributed by atoms with Crippen LogP contribution >= 0.6 is 23.2 Å². The van der Waals surface area contributed by atoms with Crippen LogP contribution in [0.1, 0.15) is 18.4 Å². The van der Waals surface area contributed by atoms with E-state index in [1.54, 1.807) is 6.07 Å². The molecule has 2 rings (SSSR count). The van der Waals surface area contributed by atoms with Gasteiger partial charge >= 0.3 is 5.97 Å². The molecule has 1 aromatic carbocycles. The topological polar surface area (TPSA) is 37.3 Å². The molecule has 0 bridgehead atoms. The Hall–Kier alpha value is -0.730. The highest BCUT2D eigenvalue weighted by Gasteiger charge is 2.42. The van der Waals surface area contributed by atoms with Crippen molar-refractivity contribution in [1.29, 1.82) is 0 Å². The molecule has 1 aliphatic rings. The number of hydrogen-bond acceptors (Lipinski definition) is 1. The smallest absolute Gasteiger partial charge is 0.306 e. The van der Waals surface area contributed by atoms with E-state index in [1.165, 1.54) is 0 Å². The molecule has 1 aliphatic carbocycles. The summed E-state index contributed by atoms with van der Waals surface area (Å²) in [6, 6.07) is 5.44. The maximum absolute atomic E-state index is 10.7. The summed E-state index contributed by atoms with van der Waals surface area (Å²) in [6.07, 6.45) is 2.52. The van der Waals surface area contributed by atoms with Crippen molar-refractivity contribution in [2.45, 2.75) is 19.3 Å². The van der Waals surface area contributed by atoms with Crippen LogP contribution in [0.2, 0.25) is 10.0 Å². The molecule has 2 atom stereocenters. The molecule has 86 valence electrons. The molecular formula is C12H12Cl2O2. The average molecular weight is 259 g/mol. The third-order valence-corrected chi connectivity index (χ3v) is 3.63. The summed E-state index contributed by atoms with van der Waals surface area (Å²) in [6.45, 7) is 0. The van der Waals surface area contributed by atoms with Crippen LogP contribution in [-0.2, 0) is 11.2 Å². The van der Waals surface area contributed by atoms with E-state index in [-0.39, 0.29) is 5.92 Å². The SMILES string of the molecule is O=C(O)C1CC1CCc1ccc(Cl)cc1Cl. The van der Waals surface area contributed by atoms with Gasteiger partial charge in [-0.15, -0.1) is 0 Å². The predicted molar refractivity (Wildman–Crippen MR) is 64.0 cm³/mol. The molecule has 1 aromatic rings. The zero-order valence-corrected chi connectivity index (χ0v) is 10.1. The lowest BCUT2D eigenvalue weighted by atomic mass is 10.1. The first-order chi connectivity index (χ1) is 7.58. The molecule has 16 heavy (non-hydrogen) atoms. The molecule has 2 nitrogen and oxygen atoms in total. The molecule has 2 unspecified atom stereocenters. The highest BCUT2D eigenvalue weighted by atomic mass is 35.5. The van der Waals surface area contributed by atoms with Crippen molar-refractivity contribution < 1.29 is 9.90 Å². The monoisotopic (exact) mass is 258 g/mol. The van der Waals surface area contributed by atoms with Crippen LogP contribution in [0.25, 0.3) is 0 Å². The largest absolute Gasteiger partial charge is 0.481 e. The molecule has 0 heterocycles. The number of aliphatic carboxylic acids is 1. The normalized spacial score (nSPS) is 23.1. The highest BCUT2D eigenvalue weighted by molar-refractivity contribution is 6.35. The van der Waals surface area contributed by atoms with Crippen molar-refractivity contribution in [2.24, 2.45) is 11.8 Å². The van der Waals surface area contributed by atoms with Gasteiger partial charge in [0.15, 0.2) is 0 Å². The standard InChI is InChI=1S/C12H12Cl2O2/c13-9-4-3-7(11(14)6-9)1-2-8-5-10(8)12(15)16/h3-4,6,8,10H,1-2,5H2,(H,15,16). The van der Waals surface area contributed by atoms with Gasteiger partial charge in [0.05, 0.1) is 5.92 Å². The van der Waals surface area contributed by atoms with Crippen molar-refractivity contribution in [3.05, 3.63) is 33.8 Å². The van der Waals surface area contributed by atoms with Crippen LogP contribution < -0.4 is 0 Å². The molecule has 1 saturated carbocycles. The molecular weight excluding hydrogens is 247 g/mol. The first-order valence-corrected chi connectivity index (χ1v) is 6.00. The first-order valence-electron chi connectivity index (χ1n) is 5.24. The number of benzene rings is 1. The third kappa shape index (κ3) is 2.69. The molecule has 0 radical (unpaired) electrons. The van der Waals surface area contributed by atoms with Gasteiger partial charge in [0, 0.05) is 10.0 Å². The summed E-state index contributed by atoms with van der Waals surface area (Å²) in [7, 11) is 0. The molecule has 1 N–H and O–H groups in total. The number of carbonyl (C=O) groups is 1. The number of halogens is 2. The number of rotatable bonds is 4. The van der Waals surface area contributed by atoms with E-state index >= 15 is 0 Å². The van der Waals surface area contributed by atoms with E-state index < -0.39 is 5.97 Å². The van der Waals surface area contributed by atoms with Crippen molar-refractivity contribution in [3.63, 3.8) is 0 Å². The lowest BCUT2D eigenvalue weighted by molar-refractivity contribution is -0.138. The van der Waals surface area contributed by atoms with Crippen molar-refractivity contribution in [2.75, 3.05) is 0 Å². The van der Waals surface area contributed by atoms with Gasteiger partial charge in [-0.05, 0) is 42.9 Å². The minimum absolute atomic E-state index is 0.133. The Morgan fingerprint density at radius 1 is 1.44 bits per heavy atom. The van der Waals surface area contributed by atoms with E-state index in [9.17, 15) is 4.79 Å².